The van der Waals surface area contributed by atoms with E-state index in [1.807, 2.05) is 0 Å². The lowest BCUT2D eigenvalue weighted by Crippen LogP contribution is -2.14. The minimum Gasteiger partial charge on any atom is -0.494 e. The Balaban J connectivity index is 1.38. The van der Waals surface area contributed by atoms with Gasteiger partial charge in [-0.25, -0.2) is 0 Å². The highest BCUT2D eigenvalue weighted by molar-refractivity contribution is 5.60. The largest absolute Gasteiger partial charge is 0.494 e. The molecule has 170 valence electrons. The van der Waals surface area contributed by atoms with Gasteiger partial charge in [-0.1, -0.05) is 84.1 Å². The summed E-state index contributed by atoms with van der Waals surface area (Å²) < 4.78 is 5.91. The van der Waals surface area contributed by atoms with Crippen molar-refractivity contribution in [3.8, 4) is 17.0 Å². The molecule has 0 saturated heterocycles. The highest BCUT2D eigenvalue weighted by Crippen LogP contribution is 2.33. The molecule has 1 aliphatic carbocycles. The SMILES string of the molecule is CCCCCCCCOc1ccc(-c2ccc(CCC3CCC(CC)CC3)cn2)cc1. The van der Waals surface area contributed by atoms with E-state index in [1.165, 1.54) is 82.6 Å². The van der Waals surface area contributed by atoms with Crippen LogP contribution in [0, 0.1) is 11.8 Å². The van der Waals surface area contributed by atoms with E-state index < -0.39 is 0 Å². The number of unbranched alkanes of at least 4 members (excludes halogenated alkanes) is 5. The molecule has 0 amide bonds. The summed E-state index contributed by atoms with van der Waals surface area (Å²) in [7, 11) is 0. The van der Waals surface area contributed by atoms with E-state index in [4.69, 9.17) is 9.72 Å². The molecular weight excluding hydrogens is 378 g/mol. The maximum absolute atomic E-state index is 5.91. The molecule has 1 fully saturated rings. The molecule has 0 aliphatic heterocycles. The van der Waals surface area contributed by atoms with E-state index in [-0.39, 0.29) is 0 Å². The fourth-order valence-corrected chi connectivity index (χ4v) is 4.84. The summed E-state index contributed by atoms with van der Waals surface area (Å²) >= 11 is 0. The zero-order valence-electron chi connectivity index (χ0n) is 20.0. The predicted molar refractivity (Wildman–Crippen MR) is 133 cm³/mol. The second-order valence-corrected chi connectivity index (χ2v) is 9.53. The first-order valence-electron chi connectivity index (χ1n) is 13.0. The molecular formula is C29H43NO. The average Bonchev–Trinajstić information content (AvgIpc) is 2.83. The van der Waals surface area contributed by atoms with Crippen molar-refractivity contribution in [3.63, 3.8) is 0 Å². The van der Waals surface area contributed by atoms with Crippen molar-refractivity contribution in [2.24, 2.45) is 11.8 Å². The van der Waals surface area contributed by atoms with E-state index in [0.717, 1.165) is 41.9 Å². The monoisotopic (exact) mass is 421 g/mol. The van der Waals surface area contributed by atoms with Crippen molar-refractivity contribution in [1.82, 2.24) is 4.98 Å². The van der Waals surface area contributed by atoms with Gasteiger partial charge in [0.15, 0.2) is 0 Å². The van der Waals surface area contributed by atoms with Gasteiger partial charge in [-0.2, -0.15) is 0 Å². The smallest absolute Gasteiger partial charge is 0.119 e. The molecule has 0 unspecified atom stereocenters. The van der Waals surface area contributed by atoms with E-state index in [1.54, 1.807) is 0 Å². The lowest BCUT2D eigenvalue weighted by atomic mass is 9.79. The molecule has 0 bridgehead atoms. The third kappa shape index (κ3) is 8.31. The third-order valence-corrected chi connectivity index (χ3v) is 7.13. The Bertz CT molecular complexity index is 713. The first-order chi connectivity index (χ1) is 15.3. The predicted octanol–water partition coefficient (Wildman–Crippen LogP) is 8.64. The number of hydrogen-bond acceptors (Lipinski definition) is 2. The standard InChI is InChI=1S/C29H43NO/c1-3-5-6-7-8-9-22-31-28-19-17-27(18-20-28)29-21-16-26(23-30-29)15-14-25-12-10-24(4-2)11-13-25/h16-21,23-25H,3-15,22H2,1-2H3. The van der Waals surface area contributed by atoms with Crippen LogP contribution in [0.4, 0.5) is 0 Å². The summed E-state index contributed by atoms with van der Waals surface area (Å²) in [6, 6.07) is 12.9. The van der Waals surface area contributed by atoms with Gasteiger partial charge in [0.2, 0.25) is 0 Å². The van der Waals surface area contributed by atoms with Crippen molar-refractivity contribution in [1.29, 1.82) is 0 Å². The fraction of sp³-hybridized carbons (Fsp3) is 0.621. The van der Waals surface area contributed by atoms with Crippen LogP contribution in [0.2, 0.25) is 0 Å². The van der Waals surface area contributed by atoms with Crippen molar-refractivity contribution in [2.75, 3.05) is 6.61 Å². The molecule has 3 rings (SSSR count). The molecule has 1 aliphatic rings. The fourth-order valence-electron chi connectivity index (χ4n) is 4.84. The van der Waals surface area contributed by atoms with Crippen molar-refractivity contribution in [2.45, 2.75) is 97.3 Å². The highest BCUT2D eigenvalue weighted by atomic mass is 16.5. The molecule has 2 aromatic rings. The number of hydrogen-bond donors (Lipinski definition) is 0. The van der Waals surface area contributed by atoms with Gasteiger partial charge < -0.3 is 4.74 Å². The Hall–Kier alpha value is -1.83. The third-order valence-electron chi connectivity index (χ3n) is 7.13. The maximum atomic E-state index is 5.91. The molecule has 0 spiro atoms. The van der Waals surface area contributed by atoms with Crippen molar-refractivity contribution >= 4 is 0 Å². The van der Waals surface area contributed by atoms with Crippen molar-refractivity contribution < 1.29 is 4.74 Å². The Morgan fingerprint density at radius 1 is 0.806 bits per heavy atom. The van der Waals surface area contributed by atoms with Gasteiger partial charge in [0, 0.05) is 11.8 Å². The number of pyridine rings is 1. The first kappa shape index (κ1) is 23.8. The van der Waals surface area contributed by atoms with Gasteiger partial charge in [0.1, 0.15) is 5.75 Å². The lowest BCUT2D eigenvalue weighted by molar-refractivity contribution is 0.259. The molecule has 0 radical (unpaired) electrons. The number of aromatic nitrogens is 1. The van der Waals surface area contributed by atoms with E-state index in [9.17, 15) is 0 Å². The van der Waals surface area contributed by atoms with Crippen LogP contribution in [0.1, 0.15) is 96.5 Å². The van der Waals surface area contributed by atoms with Gasteiger partial charge >= 0.3 is 0 Å². The number of nitrogens with zero attached hydrogens (tertiary/aromatic N) is 1. The van der Waals surface area contributed by atoms with Gasteiger partial charge in [0.05, 0.1) is 12.3 Å². The Kier molecular flexibility index (Phi) is 10.4. The van der Waals surface area contributed by atoms with E-state index in [2.05, 4.69) is 56.4 Å². The molecule has 0 N–H and O–H groups in total. The van der Waals surface area contributed by atoms with Gasteiger partial charge in [-0.15, -0.1) is 0 Å². The van der Waals surface area contributed by atoms with E-state index >= 15 is 0 Å². The van der Waals surface area contributed by atoms with Crippen LogP contribution in [-0.2, 0) is 6.42 Å². The molecule has 1 aromatic carbocycles. The zero-order valence-corrected chi connectivity index (χ0v) is 20.0. The number of aryl methyl sites for hydroxylation is 1. The van der Waals surface area contributed by atoms with Gasteiger partial charge in [-0.3, -0.25) is 4.98 Å². The van der Waals surface area contributed by atoms with Crippen LogP contribution >= 0.6 is 0 Å². The lowest BCUT2D eigenvalue weighted by Gasteiger charge is -2.27. The summed E-state index contributed by atoms with van der Waals surface area (Å²) in [5, 5.41) is 0. The quantitative estimate of drug-likeness (QED) is 0.302. The normalized spacial score (nSPS) is 18.8. The minimum atomic E-state index is 0.818. The van der Waals surface area contributed by atoms with Crippen LogP contribution in [0.3, 0.4) is 0 Å². The molecule has 2 nitrogen and oxygen atoms in total. The van der Waals surface area contributed by atoms with Crippen LogP contribution in [0.5, 0.6) is 5.75 Å². The number of rotatable bonds is 13. The topological polar surface area (TPSA) is 22.1 Å². The Morgan fingerprint density at radius 2 is 1.52 bits per heavy atom. The van der Waals surface area contributed by atoms with Crippen LogP contribution in [0.15, 0.2) is 42.6 Å². The molecule has 1 heterocycles. The minimum absolute atomic E-state index is 0.818. The molecule has 0 atom stereocenters. The zero-order chi connectivity index (χ0) is 21.7. The van der Waals surface area contributed by atoms with Crippen molar-refractivity contribution in [3.05, 3.63) is 48.2 Å². The summed E-state index contributed by atoms with van der Waals surface area (Å²) in [6.45, 7) is 5.42. The Labute approximate surface area is 190 Å². The van der Waals surface area contributed by atoms with E-state index in [0.29, 0.717) is 0 Å². The average molecular weight is 422 g/mol. The Morgan fingerprint density at radius 3 is 2.19 bits per heavy atom. The molecule has 1 saturated carbocycles. The highest BCUT2D eigenvalue weighted by Gasteiger charge is 2.19. The number of ether oxygens (including phenoxy) is 1. The van der Waals surface area contributed by atoms with Crippen LogP contribution in [0.25, 0.3) is 11.3 Å². The summed E-state index contributed by atoms with van der Waals surface area (Å²) in [5.41, 5.74) is 3.59. The molecule has 1 aromatic heterocycles. The second-order valence-electron chi connectivity index (χ2n) is 9.53. The number of benzene rings is 1. The first-order valence-corrected chi connectivity index (χ1v) is 13.0. The van der Waals surface area contributed by atoms with Gasteiger partial charge in [0.25, 0.3) is 0 Å². The summed E-state index contributed by atoms with van der Waals surface area (Å²) in [5.74, 6) is 2.88. The second kappa shape index (κ2) is 13.6. The summed E-state index contributed by atoms with van der Waals surface area (Å²) in [4.78, 5) is 4.74. The van der Waals surface area contributed by atoms with Gasteiger partial charge in [-0.05, 0) is 67.0 Å². The molecule has 2 heteroatoms. The molecule has 31 heavy (non-hydrogen) atoms. The maximum Gasteiger partial charge on any atom is 0.119 e. The van der Waals surface area contributed by atoms with Crippen LogP contribution < -0.4 is 4.74 Å². The summed E-state index contributed by atoms with van der Waals surface area (Å²) in [6.07, 6.45) is 19.4. The van der Waals surface area contributed by atoms with Crippen LogP contribution in [-0.4, -0.2) is 11.6 Å².